The number of carbonyl (C=O) groups excluding carboxylic acids is 2. The van der Waals surface area contributed by atoms with Crippen LogP contribution >= 0.6 is 0 Å². The molecular weight excluding hydrogens is 328 g/mol. The van der Waals surface area contributed by atoms with Crippen LogP contribution in [-0.4, -0.2) is 41.0 Å². The molecule has 1 atom stereocenters. The number of pyridine rings is 1. The summed E-state index contributed by atoms with van der Waals surface area (Å²) in [7, 11) is 0. The van der Waals surface area contributed by atoms with Gasteiger partial charge in [0.1, 0.15) is 0 Å². The fraction of sp³-hybridized carbons (Fsp3) is 0.476. The molecule has 0 spiro atoms. The highest BCUT2D eigenvalue weighted by molar-refractivity contribution is 6.05. The second kappa shape index (κ2) is 7.06. The molecule has 1 aliphatic carbocycles. The monoisotopic (exact) mass is 352 g/mol. The van der Waals surface area contributed by atoms with E-state index in [4.69, 9.17) is 9.72 Å². The van der Waals surface area contributed by atoms with Crippen molar-refractivity contribution in [3.05, 3.63) is 41.1 Å². The minimum Gasteiger partial charge on any atom is -0.449 e. The Balaban J connectivity index is 1.66. The quantitative estimate of drug-likeness (QED) is 0.796. The minimum absolute atomic E-state index is 0.0944. The van der Waals surface area contributed by atoms with Gasteiger partial charge in [0, 0.05) is 24.2 Å². The van der Waals surface area contributed by atoms with Gasteiger partial charge in [-0.3, -0.25) is 9.78 Å². The summed E-state index contributed by atoms with van der Waals surface area (Å²) in [6.45, 7) is 3.19. The van der Waals surface area contributed by atoms with Crippen molar-refractivity contribution in [3.8, 4) is 0 Å². The number of ether oxygens (including phenoxy) is 1. The number of fused-ring (bicyclic) bond motifs is 2. The average molecular weight is 352 g/mol. The average Bonchev–Trinajstić information content (AvgIpc) is 3.19. The normalized spacial score (nSPS) is 17.8. The maximum atomic E-state index is 13.0. The third kappa shape index (κ3) is 3.06. The van der Waals surface area contributed by atoms with Crippen molar-refractivity contribution >= 4 is 22.8 Å². The number of hydrogen-bond acceptors (Lipinski definition) is 4. The molecule has 2 aromatic rings. The van der Waals surface area contributed by atoms with Gasteiger partial charge in [0.2, 0.25) is 0 Å². The number of amides is 1. The maximum absolute atomic E-state index is 13.0. The minimum atomic E-state index is -0.758. The van der Waals surface area contributed by atoms with Crippen molar-refractivity contribution in [2.75, 3.05) is 13.1 Å². The van der Waals surface area contributed by atoms with Gasteiger partial charge in [0.25, 0.3) is 5.91 Å². The van der Waals surface area contributed by atoms with Gasteiger partial charge < -0.3 is 9.64 Å². The lowest BCUT2D eigenvalue weighted by Gasteiger charge is -2.23. The number of aromatic nitrogens is 1. The van der Waals surface area contributed by atoms with Crippen LogP contribution in [0.5, 0.6) is 0 Å². The van der Waals surface area contributed by atoms with Gasteiger partial charge in [-0.2, -0.15) is 0 Å². The second-order valence-electron chi connectivity index (χ2n) is 7.22. The first-order valence-corrected chi connectivity index (χ1v) is 9.55. The highest BCUT2D eigenvalue weighted by Crippen LogP contribution is 2.30. The molecule has 1 fully saturated rings. The fourth-order valence-electron chi connectivity index (χ4n) is 4.07. The van der Waals surface area contributed by atoms with Gasteiger partial charge in [-0.15, -0.1) is 0 Å². The topological polar surface area (TPSA) is 59.5 Å². The van der Waals surface area contributed by atoms with Crippen molar-refractivity contribution in [1.29, 1.82) is 0 Å². The third-order valence-electron chi connectivity index (χ3n) is 5.42. The van der Waals surface area contributed by atoms with Gasteiger partial charge in [-0.05, 0) is 57.1 Å². The molecule has 2 heterocycles. The molecule has 1 aliphatic heterocycles. The summed E-state index contributed by atoms with van der Waals surface area (Å²) in [5.41, 5.74) is 3.42. The molecule has 0 saturated carbocycles. The molecule has 1 aromatic heterocycles. The van der Waals surface area contributed by atoms with Crippen LogP contribution in [0.15, 0.2) is 24.3 Å². The number of aryl methyl sites for hydroxylation is 1. The summed E-state index contributed by atoms with van der Waals surface area (Å²) < 4.78 is 5.63. The molecule has 5 nitrogen and oxygen atoms in total. The van der Waals surface area contributed by atoms with Gasteiger partial charge in [-0.1, -0.05) is 18.2 Å². The van der Waals surface area contributed by atoms with Gasteiger partial charge in [0.05, 0.1) is 11.1 Å². The summed E-state index contributed by atoms with van der Waals surface area (Å²) in [4.78, 5) is 32.1. The van der Waals surface area contributed by atoms with E-state index < -0.39 is 12.1 Å². The van der Waals surface area contributed by atoms with Crippen molar-refractivity contribution in [2.24, 2.45) is 0 Å². The van der Waals surface area contributed by atoms with E-state index in [9.17, 15) is 9.59 Å². The molecule has 0 unspecified atom stereocenters. The molecule has 1 amide bonds. The molecule has 1 aromatic carbocycles. The van der Waals surface area contributed by atoms with E-state index in [1.165, 1.54) is 0 Å². The van der Waals surface area contributed by atoms with Gasteiger partial charge >= 0.3 is 5.97 Å². The molecule has 2 aliphatic rings. The predicted molar refractivity (Wildman–Crippen MR) is 99.1 cm³/mol. The zero-order valence-electron chi connectivity index (χ0n) is 15.2. The predicted octanol–water partition coefficient (Wildman–Crippen LogP) is 3.28. The van der Waals surface area contributed by atoms with E-state index >= 15 is 0 Å². The maximum Gasteiger partial charge on any atom is 0.339 e. The Kier molecular flexibility index (Phi) is 4.62. The first-order valence-electron chi connectivity index (χ1n) is 9.55. The van der Waals surface area contributed by atoms with Gasteiger partial charge in [0.15, 0.2) is 6.10 Å². The lowest BCUT2D eigenvalue weighted by molar-refractivity contribution is -0.138. The molecule has 0 radical (unpaired) electrons. The molecule has 26 heavy (non-hydrogen) atoms. The van der Waals surface area contributed by atoms with Crippen LogP contribution in [0.2, 0.25) is 0 Å². The van der Waals surface area contributed by atoms with Crippen molar-refractivity contribution in [1.82, 2.24) is 9.88 Å². The molecule has 5 heteroatoms. The van der Waals surface area contributed by atoms with Crippen molar-refractivity contribution in [3.63, 3.8) is 0 Å². The molecule has 0 bridgehead atoms. The second-order valence-corrected chi connectivity index (χ2v) is 7.22. The summed E-state index contributed by atoms with van der Waals surface area (Å²) in [5, 5.41) is 0.818. The standard InChI is InChI=1S/C21H24N2O3/c1-14(20(24)23-12-6-7-13-23)26-21(25)19-15-8-2-4-10-17(15)22-18-11-5-3-9-16(18)19/h2,4,8,10,14H,3,5-7,9,11-13H2,1H3/t14-/m0/s1. The van der Waals surface area contributed by atoms with E-state index in [1.54, 1.807) is 11.8 Å². The summed E-state index contributed by atoms with van der Waals surface area (Å²) in [6, 6.07) is 7.69. The number of hydrogen-bond donors (Lipinski definition) is 0. The Labute approximate surface area is 153 Å². The van der Waals surface area contributed by atoms with Crippen molar-refractivity contribution < 1.29 is 14.3 Å². The number of esters is 1. The summed E-state index contributed by atoms with van der Waals surface area (Å²) in [6.07, 6.45) is 5.16. The smallest absolute Gasteiger partial charge is 0.339 e. The molecular formula is C21H24N2O3. The Bertz CT molecular complexity index is 856. The summed E-state index contributed by atoms with van der Waals surface area (Å²) >= 11 is 0. The Hall–Kier alpha value is -2.43. The highest BCUT2D eigenvalue weighted by atomic mass is 16.5. The number of benzene rings is 1. The van der Waals surface area contributed by atoms with Crippen LogP contribution in [0.1, 0.15) is 54.2 Å². The summed E-state index contributed by atoms with van der Waals surface area (Å²) in [5.74, 6) is -0.495. The molecule has 0 N–H and O–H groups in total. The van der Waals surface area contributed by atoms with E-state index in [0.717, 1.165) is 73.8 Å². The van der Waals surface area contributed by atoms with Crippen LogP contribution in [0.25, 0.3) is 10.9 Å². The number of rotatable bonds is 3. The Morgan fingerprint density at radius 1 is 1.08 bits per heavy atom. The number of nitrogens with zero attached hydrogens (tertiary/aromatic N) is 2. The van der Waals surface area contributed by atoms with Gasteiger partial charge in [-0.25, -0.2) is 4.79 Å². The molecule has 4 rings (SSSR count). The van der Waals surface area contributed by atoms with Crippen LogP contribution < -0.4 is 0 Å². The largest absolute Gasteiger partial charge is 0.449 e. The lowest BCUT2D eigenvalue weighted by Crippen LogP contribution is -2.38. The first-order chi connectivity index (χ1) is 12.6. The molecule has 136 valence electrons. The number of para-hydroxylation sites is 1. The fourth-order valence-corrected chi connectivity index (χ4v) is 4.07. The van der Waals surface area contributed by atoms with E-state index in [0.29, 0.717) is 5.56 Å². The van der Waals surface area contributed by atoms with Crippen molar-refractivity contribution in [2.45, 2.75) is 51.6 Å². The van der Waals surface area contributed by atoms with Crippen LogP contribution in [0.3, 0.4) is 0 Å². The molecule has 1 saturated heterocycles. The number of carbonyl (C=O) groups is 2. The highest BCUT2D eigenvalue weighted by Gasteiger charge is 2.29. The zero-order valence-corrected chi connectivity index (χ0v) is 15.2. The Morgan fingerprint density at radius 3 is 2.62 bits per heavy atom. The van der Waals surface area contributed by atoms with Crippen LogP contribution in [0.4, 0.5) is 0 Å². The van der Waals surface area contributed by atoms with E-state index in [-0.39, 0.29) is 5.91 Å². The lowest BCUT2D eigenvalue weighted by atomic mass is 9.90. The van der Waals surface area contributed by atoms with E-state index in [2.05, 4.69) is 0 Å². The third-order valence-corrected chi connectivity index (χ3v) is 5.42. The van der Waals surface area contributed by atoms with E-state index in [1.807, 2.05) is 24.3 Å². The van der Waals surface area contributed by atoms with Crippen LogP contribution in [0, 0.1) is 0 Å². The number of likely N-dealkylation sites (tertiary alicyclic amines) is 1. The van der Waals surface area contributed by atoms with Crippen LogP contribution in [-0.2, 0) is 22.4 Å². The first kappa shape index (κ1) is 17.0. The Morgan fingerprint density at radius 2 is 1.81 bits per heavy atom. The SMILES string of the molecule is C[C@H](OC(=O)c1c2c(nc3ccccc13)CCCC2)C(=O)N1CCCC1. The zero-order chi connectivity index (χ0) is 18.1.